The molecule has 2 aromatic rings. The summed E-state index contributed by atoms with van der Waals surface area (Å²) in [7, 11) is 1.44. The predicted octanol–water partition coefficient (Wildman–Crippen LogP) is 4.33. The van der Waals surface area contributed by atoms with Crippen LogP contribution in [-0.2, 0) is 9.53 Å². The van der Waals surface area contributed by atoms with E-state index in [1.54, 1.807) is 12.1 Å². The van der Waals surface area contributed by atoms with E-state index >= 15 is 0 Å². The lowest BCUT2D eigenvalue weighted by atomic mass is 10.2. The van der Waals surface area contributed by atoms with Crippen molar-refractivity contribution in [1.82, 2.24) is 0 Å². The van der Waals surface area contributed by atoms with Crippen molar-refractivity contribution in [3.63, 3.8) is 0 Å². The number of halogens is 3. The molecule has 25 heavy (non-hydrogen) atoms. The van der Waals surface area contributed by atoms with E-state index < -0.39 is 23.8 Å². The summed E-state index contributed by atoms with van der Waals surface area (Å²) in [6.07, 6.45) is -1.13. The number of anilines is 1. The lowest BCUT2D eigenvalue weighted by Crippen LogP contribution is -2.30. The summed E-state index contributed by atoms with van der Waals surface area (Å²) < 4.78 is 23.2. The van der Waals surface area contributed by atoms with Gasteiger partial charge in [-0.1, -0.05) is 23.2 Å². The van der Waals surface area contributed by atoms with Gasteiger partial charge in [-0.2, -0.15) is 0 Å². The molecule has 2 rings (SSSR count). The van der Waals surface area contributed by atoms with Gasteiger partial charge < -0.3 is 14.8 Å². The maximum Gasteiger partial charge on any atom is 0.340 e. The van der Waals surface area contributed by atoms with E-state index in [1.165, 1.54) is 26.2 Å². The predicted molar refractivity (Wildman–Crippen MR) is 92.9 cm³/mol. The summed E-state index contributed by atoms with van der Waals surface area (Å²) in [6.45, 7) is 1.39. The van der Waals surface area contributed by atoms with Crippen LogP contribution >= 0.6 is 23.2 Å². The number of carbonyl (C=O) groups is 2. The van der Waals surface area contributed by atoms with Crippen molar-refractivity contribution in [3.8, 4) is 5.75 Å². The SMILES string of the molecule is COc1ccc(Cl)cc1NC(=O)[C@H](C)OC(=O)c1ccc(F)cc1Cl. The van der Waals surface area contributed by atoms with E-state index in [0.717, 1.165) is 12.1 Å². The average Bonchev–Trinajstić information content (AvgIpc) is 2.54. The first-order valence-corrected chi connectivity index (χ1v) is 7.88. The van der Waals surface area contributed by atoms with Gasteiger partial charge in [0.25, 0.3) is 5.91 Å². The second-order valence-electron chi connectivity index (χ2n) is 5.01. The van der Waals surface area contributed by atoms with Crippen molar-refractivity contribution in [2.24, 2.45) is 0 Å². The van der Waals surface area contributed by atoms with Gasteiger partial charge in [0.15, 0.2) is 6.10 Å². The minimum atomic E-state index is -1.13. The van der Waals surface area contributed by atoms with Crippen molar-refractivity contribution >= 4 is 40.8 Å². The molecule has 0 spiro atoms. The molecule has 0 radical (unpaired) electrons. The van der Waals surface area contributed by atoms with Gasteiger partial charge >= 0.3 is 5.97 Å². The Balaban J connectivity index is 2.07. The molecule has 132 valence electrons. The molecule has 1 atom stereocenters. The third kappa shape index (κ3) is 4.84. The topological polar surface area (TPSA) is 64.6 Å². The van der Waals surface area contributed by atoms with Gasteiger partial charge in [0.1, 0.15) is 11.6 Å². The Bertz CT molecular complexity index is 813. The van der Waals surface area contributed by atoms with Crippen LogP contribution in [0.25, 0.3) is 0 Å². The minimum absolute atomic E-state index is 0.0388. The first-order chi connectivity index (χ1) is 11.8. The molecular formula is C17H14Cl2FNO4. The molecule has 8 heteroatoms. The number of methoxy groups -OCH3 is 1. The molecular weight excluding hydrogens is 372 g/mol. The van der Waals surface area contributed by atoms with E-state index in [2.05, 4.69) is 5.32 Å². The normalized spacial score (nSPS) is 11.6. The highest BCUT2D eigenvalue weighted by atomic mass is 35.5. The van der Waals surface area contributed by atoms with Crippen LogP contribution in [0.2, 0.25) is 10.0 Å². The van der Waals surface area contributed by atoms with Crippen LogP contribution in [-0.4, -0.2) is 25.1 Å². The van der Waals surface area contributed by atoms with Gasteiger partial charge in [-0.15, -0.1) is 0 Å². The van der Waals surface area contributed by atoms with Crippen LogP contribution in [0, 0.1) is 5.82 Å². The molecule has 1 amide bonds. The van der Waals surface area contributed by atoms with Gasteiger partial charge in [0.2, 0.25) is 0 Å². The number of benzene rings is 2. The highest BCUT2D eigenvalue weighted by Gasteiger charge is 2.22. The molecule has 0 aromatic heterocycles. The maximum atomic E-state index is 13.0. The zero-order valence-electron chi connectivity index (χ0n) is 13.3. The van der Waals surface area contributed by atoms with Crippen molar-refractivity contribution in [3.05, 3.63) is 57.8 Å². The molecule has 0 saturated carbocycles. The monoisotopic (exact) mass is 385 g/mol. The van der Waals surface area contributed by atoms with E-state index in [4.69, 9.17) is 32.7 Å². The van der Waals surface area contributed by atoms with Gasteiger partial charge in [-0.3, -0.25) is 4.79 Å². The van der Waals surface area contributed by atoms with Gasteiger partial charge in [0, 0.05) is 5.02 Å². The first-order valence-electron chi connectivity index (χ1n) is 7.12. The van der Waals surface area contributed by atoms with Crippen molar-refractivity contribution < 1.29 is 23.5 Å². The first kappa shape index (κ1) is 19.0. The second-order valence-corrected chi connectivity index (χ2v) is 5.85. The van der Waals surface area contributed by atoms with Crippen LogP contribution in [0.4, 0.5) is 10.1 Å². The Morgan fingerprint density at radius 3 is 2.52 bits per heavy atom. The zero-order valence-corrected chi connectivity index (χ0v) is 14.8. The molecule has 0 bridgehead atoms. The molecule has 0 unspecified atom stereocenters. The van der Waals surface area contributed by atoms with Gasteiger partial charge in [0.05, 0.1) is 23.4 Å². The highest BCUT2D eigenvalue weighted by Crippen LogP contribution is 2.28. The Labute approximate surface area is 153 Å². The third-order valence-electron chi connectivity index (χ3n) is 3.22. The lowest BCUT2D eigenvalue weighted by molar-refractivity contribution is -0.123. The number of hydrogen-bond acceptors (Lipinski definition) is 4. The highest BCUT2D eigenvalue weighted by molar-refractivity contribution is 6.33. The number of amides is 1. The van der Waals surface area contributed by atoms with Crippen LogP contribution in [0.15, 0.2) is 36.4 Å². The standard InChI is InChI=1S/C17H14Cl2FNO4/c1-9(25-17(23)12-5-4-11(20)8-13(12)19)16(22)21-14-7-10(18)3-6-15(14)24-2/h3-9H,1-2H3,(H,21,22)/t9-/m0/s1. The van der Waals surface area contributed by atoms with E-state index in [9.17, 15) is 14.0 Å². The second kappa shape index (κ2) is 8.18. The van der Waals surface area contributed by atoms with Gasteiger partial charge in [-0.05, 0) is 43.3 Å². The smallest absolute Gasteiger partial charge is 0.340 e. The van der Waals surface area contributed by atoms with Gasteiger partial charge in [-0.25, -0.2) is 9.18 Å². The molecule has 0 fully saturated rings. The van der Waals surface area contributed by atoms with E-state index in [1.807, 2.05) is 0 Å². The summed E-state index contributed by atoms with van der Waals surface area (Å²) in [5, 5.41) is 2.86. The average molecular weight is 386 g/mol. The Hall–Kier alpha value is -2.31. The Kier molecular flexibility index (Phi) is 6.22. The molecule has 0 aliphatic rings. The summed E-state index contributed by atoms with van der Waals surface area (Å²) in [5.74, 6) is -1.61. The third-order valence-corrected chi connectivity index (χ3v) is 3.77. The van der Waals surface area contributed by atoms with Crippen LogP contribution in [0.1, 0.15) is 17.3 Å². The Morgan fingerprint density at radius 1 is 1.16 bits per heavy atom. The van der Waals surface area contributed by atoms with E-state index in [0.29, 0.717) is 16.5 Å². The molecule has 0 saturated heterocycles. The molecule has 5 nitrogen and oxygen atoms in total. The minimum Gasteiger partial charge on any atom is -0.495 e. The summed E-state index contributed by atoms with van der Waals surface area (Å²) in [5.41, 5.74) is 0.297. The Morgan fingerprint density at radius 2 is 1.88 bits per heavy atom. The fraction of sp³-hybridized carbons (Fsp3) is 0.176. The van der Waals surface area contributed by atoms with Crippen LogP contribution in [0.5, 0.6) is 5.75 Å². The fourth-order valence-corrected chi connectivity index (χ4v) is 2.36. The summed E-state index contributed by atoms with van der Waals surface area (Å²) >= 11 is 11.7. The fourth-order valence-electron chi connectivity index (χ4n) is 1.94. The lowest BCUT2D eigenvalue weighted by Gasteiger charge is -2.15. The number of hydrogen-bond donors (Lipinski definition) is 1. The number of nitrogens with one attached hydrogen (secondary N) is 1. The molecule has 0 aliphatic heterocycles. The largest absolute Gasteiger partial charge is 0.495 e. The van der Waals surface area contributed by atoms with Crippen LogP contribution in [0.3, 0.4) is 0 Å². The number of carbonyl (C=O) groups excluding carboxylic acids is 2. The number of esters is 1. The molecule has 2 aromatic carbocycles. The molecule has 0 aliphatic carbocycles. The van der Waals surface area contributed by atoms with Crippen LogP contribution < -0.4 is 10.1 Å². The summed E-state index contributed by atoms with van der Waals surface area (Å²) in [6, 6.07) is 7.95. The molecule has 1 N–H and O–H groups in total. The van der Waals surface area contributed by atoms with Crippen molar-refractivity contribution in [2.45, 2.75) is 13.0 Å². The van der Waals surface area contributed by atoms with E-state index in [-0.39, 0.29) is 10.6 Å². The van der Waals surface area contributed by atoms with Crippen molar-refractivity contribution in [2.75, 3.05) is 12.4 Å². The van der Waals surface area contributed by atoms with Crippen molar-refractivity contribution in [1.29, 1.82) is 0 Å². The zero-order chi connectivity index (χ0) is 18.6. The molecule has 0 heterocycles. The number of rotatable bonds is 5. The summed E-state index contributed by atoms with van der Waals surface area (Å²) in [4.78, 5) is 24.3. The quantitative estimate of drug-likeness (QED) is 0.778. The number of ether oxygens (including phenoxy) is 2. The maximum absolute atomic E-state index is 13.0.